The minimum Gasteiger partial charge on any atom is -0.508 e. The molecule has 4 nitrogen and oxygen atoms in total. The molecule has 2 aromatic heterocycles. The molecule has 4 rings (SSSR count). The number of phenols is 1. The second-order valence-electron chi connectivity index (χ2n) is 5.80. The van der Waals surface area contributed by atoms with Crippen molar-refractivity contribution in [1.29, 1.82) is 0 Å². The Morgan fingerprint density at radius 1 is 1.13 bits per heavy atom. The number of aromatic hydroxyl groups is 1. The lowest BCUT2D eigenvalue weighted by Crippen LogP contribution is -2.10. The number of aromatic amines is 1. The van der Waals surface area contributed by atoms with Crippen LogP contribution in [0.1, 0.15) is 12.8 Å². The van der Waals surface area contributed by atoms with Gasteiger partial charge in [0.05, 0.1) is 5.02 Å². The van der Waals surface area contributed by atoms with E-state index in [4.69, 9.17) is 11.6 Å². The summed E-state index contributed by atoms with van der Waals surface area (Å²) in [5.41, 5.74) is 2.68. The number of phenolic OH excluding ortho intramolecular Hbond substituents is 1. The van der Waals surface area contributed by atoms with Crippen LogP contribution in [0.25, 0.3) is 22.3 Å². The number of halogens is 1. The highest BCUT2D eigenvalue weighted by molar-refractivity contribution is 6.35. The van der Waals surface area contributed by atoms with Crippen LogP contribution in [0.2, 0.25) is 5.02 Å². The van der Waals surface area contributed by atoms with E-state index in [1.54, 1.807) is 24.4 Å². The Balaban J connectivity index is 0.000000220. The van der Waals surface area contributed by atoms with Gasteiger partial charge in [0.15, 0.2) is 0 Å². The van der Waals surface area contributed by atoms with Crippen molar-refractivity contribution in [3.8, 4) is 17.0 Å². The Morgan fingerprint density at radius 3 is 2.39 bits per heavy atom. The number of rotatable bonds is 1. The third kappa shape index (κ3) is 3.84. The van der Waals surface area contributed by atoms with Crippen molar-refractivity contribution in [2.75, 3.05) is 20.1 Å². The van der Waals surface area contributed by atoms with Gasteiger partial charge in [-0.05, 0) is 74.9 Å². The summed E-state index contributed by atoms with van der Waals surface area (Å²) in [6, 6.07) is 10.7. The molecule has 1 aliphatic rings. The molecule has 1 fully saturated rings. The van der Waals surface area contributed by atoms with Crippen LogP contribution in [0.3, 0.4) is 0 Å². The molecule has 0 radical (unpaired) electrons. The van der Waals surface area contributed by atoms with Gasteiger partial charge in [-0.15, -0.1) is 0 Å². The van der Waals surface area contributed by atoms with E-state index in [1.807, 2.05) is 18.2 Å². The van der Waals surface area contributed by atoms with Gasteiger partial charge in [-0.1, -0.05) is 11.6 Å². The Bertz CT molecular complexity index is 777. The van der Waals surface area contributed by atoms with Crippen LogP contribution in [0.5, 0.6) is 5.75 Å². The highest BCUT2D eigenvalue weighted by atomic mass is 35.5. The maximum atomic E-state index is 9.24. The molecule has 2 N–H and O–H groups in total. The molecule has 0 spiro atoms. The van der Waals surface area contributed by atoms with E-state index in [1.165, 1.54) is 25.9 Å². The molecule has 120 valence electrons. The van der Waals surface area contributed by atoms with Crippen molar-refractivity contribution in [3.05, 3.63) is 47.6 Å². The molecular formula is C18H20ClN3O. The van der Waals surface area contributed by atoms with Crippen molar-refractivity contribution >= 4 is 22.6 Å². The van der Waals surface area contributed by atoms with Crippen LogP contribution in [-0.4, -0.2) is 40.1 Å². The molecule has 0 amide bonds. The van der Waals surface area contributed by atoms with Gasteiger partial charge in [-0.3, -0.25) is 0 Å². The van der Waals surface area contributed by atoms with E-state index in [-0.39, 0.29) is 5.75 Å². The predicted molar refractivity (Wildman–Crippen MR) is 94.9 cm³/mol. The average molecular weight is 330 g/mol. The van der Waals surface area contributed by atoms with Crippen molar-refractivity contribution in [2.24, 2.45) is 0 Å². The number of H-pyrrole nitrogens is 1. The van der Waals surface area contributed by atoms with Crippen molar-refractivity contribution in [3.63, 3.8) is 0 Å². The normalized spacial score (nSPS) is 14.7. The molecule has 1 saturated heterocycles. The lowest BCUT2D eigenvalue weighted by atomic mass is 10.1. The number of hydrogen-bond acceptors (Lipinski definition) is 3. The summed E-state index contributed by atoms with van der Waals surface area (Å²) in [6.07, 6.45) is 4.49. The monoisotopic (exact) mass is 329 g/mol. The summed E-state index contributed by atoms with van der Waals surface area (Å²) in [6.45, 7) is 2.64. The highest BCUT2D eigenvalue weighted by Gasteiger charge is 2.06. The second-order valence-corrected chi connectivity index (χ2v) is 6.20. The quantitative estimate of drug-likeness (QED) is 0.699. The Morgan fingerprint density at radius 2 is 1.83 bits per heavy atom. The molecule has 0 atom stereocenters. The van der Waals surface area contributed by atoms with Crippen molar-refractivity contribution in [2.45, 2.75) is 12.8 Å². The first kappa shape index (κ1) is 15.8. The zero-order valence-corrected chi connectivity index (χ0v) is 13.8. The number of fused-ring (bicyclic) bond motifs is 1. The summed E-state index contributed by atoms with van der Waals surface area (Å²) in [5, 5.41) is 10.8. The summed E-state index contributed by atoms with van der Waals surface area (Å²) >= 11 is 6.08. The van der Waals surface area contributed by atoms with Gasteiger partial charge in [-0.2, -0.15) is 0 Å². The molecule has 3 heterocycles. The van der Waals surface area contributed by atoms with Gasteiger partial charge in [0.1, 0.15) is 11.4 Å². The van der Waals surface area contributed by atoms with E-state index < -0.39 is 0 Å². The Kier molecular flexibility index (Phi) is 4.84. The first-order valence-electron chi connectivity index (χ1n) is 7.74. The maximum Gasteiger partial charge on any atom is 0.139 e. The maximum absolute atomic E-state index is 9.24. The molecule has 5 heteroatoms. The fraction of sp³-hybridized carbons (Fsp3) is 0.278. The van der Waals surface area contributed by atoms with Crippen molar-refractivity contribution < 1.29 is 5.11 Å². The minimum absolute atomic E-state index is 0.251. The zero-order valence-electron chi connectivity index (χ0n) is 13.1. The molecule has 23 heavy (non-hydrogen) atoms. The molecule has 1 aliphatic heterocycles. The average Bonchev–Trinajstić information content (AvgIpc) is 3.18. The highest BCUT2D eigenvalue weighted by Crippen LogP contribution is 2.28. The van der Waals surface area contributed by atoms with Gasteiger partial charge in [0.25, 0.3) is 0 Å². The number of nitrogens with zero attached hydrogens (tertiary/aromatic N) is 2. The summed E-state index contributed by atoms with van der Waals surface area (Å²) in [4.78, 5) is 9.77. The third-order valence-corrected chi connectivity index (χ3v) is 4.32. The zero-order chi connectivity index (χ0) is 16.2. The Labute approximate surface area is 140 Å². The molecule has 0 saturated carbocycles. The SMILES string of the molecule is CN1CCCC1.Oc1ccc(-c2cc3c(Cl)ccnc3[nH]2)cc1. The minimum atomic E-state index is 0.251. The standard InChI is InChI=1S/C13H9ClN2O.C5H11N/c14-11-5-6-15-13-10(11)7-12(16-13)8-1-3-9(17)4-2-8;1-6-4-2-3-5-6/h1-7,17H,(H,15,16);2-5H2,1H3. The molecule has 3 aromatic rings. The summed E-state index contributed by atoms with van der Waals surface area (Å²) < 4.78 is 0. The summed E-state index contributed by atoms with van der Waals surface area (Å²) in [5.74, 6) is 0.251. The van der Waals surface area contributed by atoms with Gasteiger partial charge >= 0.3 is 0 Å². The summed E-state index contributed by atoms with van der Waals surface area (Å²) in [7, 11) is 2.17. The first-order chi connectivity index (χ1) is 11.1. The van der Waals surface area contributed by atoms with Crippen LogP contribution in [0.4, 0.5) is 0 Å². The van der Waals surface area contributed by atoms with Crippen LogP contribution >= 0.6 is 11.6 Å². The molecular weight excluding hydrogens is 310 g/mol. The number of hydrogen-bond donors (Lipinski definition) is 2. The van der Waals surface area contributed by atoms with Crippen molar-refractivity contribution in [1.82, 2.24) is 14.9 Å². The number of pyridine rings is 1. The number of nitrogens with one attached hydrogen (secondary N) is 1. The van der Waals surface area contributed by atoms with Gasteiger partial charge in [0, 0.05) is 17.3 Å². The lowest BCUT2D eigenvalue weighted by molar-refractivity contribution is 0.418. The fourth-order valence-electron chi connectivity index (χ4n) is 2.67. The van der Waals surface area contributed by atoms with Crippen LogP contribution in [-0.2, 0) is 0 Å². The van der Waals surface area contributed by atoms with Crippen LogP contribution in [0, 0.1) is 0 Å². The van der Waals surface area contributed by atoms with E-state index >= 15 is 0 Å². The van der Waals surface area contributed by atoms with Gasteiger partial charge < -0.3 is 15.0 Å². The van der Waals surface area contributed by atoms with E-state index in [2.05, 4.69) is 21.9 Å². The van der Waals surface area contributed by atoms with Crippen LogP contribution in [0.15, 0.2) is 42.6 Å². The molecule has 0 unspecified atom stereocenters. The molecule has 0 aliphatic carbocycles. The molecule has 1 aromatic carbocycles. The number of likely N-dealkylation sites (tertiary alicyclic amines) is 1. The van der Waals surface area contributed by atoms with E-state index in [0.29, 0.717) is 5.02 Å². The van der Waals surface area contributed by atoms with Gasteiger partial charge in [-0.25, -0.2) is 4.98 Å². The first-order valence-corrected chi connectivity index (χ1v) is 8.12. The van der Waals surface area contributed by atoms with E-state index in [0.717, 1.165) is 22.3 Å². The second kappa shape index (κ2) is 7.02. The third-order valence-electron chi connectivity index (χ3n) is 3.99. The lowest BCUT2D eigenvalue weighted by Gasteiger charge is -2.01. The predicted octanol–water partition coefficient (Wildman–Crippen LogP) is 4.30. The largest absolute Gasteiger partial charge is 0.508 e. The van der Waals surface area contributed by atoms with Crippen LogP contribution < -0.4 is 0 Å². The van der Waals surface area contributed by atoms with E-state index in [9.17, 15) is 5.11 Å². The number of aromatic nitrogens is 2. The Hall–Kier alpha value is -2.04. The molecule has 0 bridgehead atoms. The topological polar surface area (TPSA) is 52.1 Å². The smallest absolute Gasteiger partial charge is 0.139 e. The number of benzene rings is 1. The van der Waals surface area contributed by atoms with Gasteiger partial charge in [0.2, 0.25) is 0 Å². The fourth-order valence-corrected chi connectivity index (χ4v) is 2.87.